The van der Waals surface area contributed by atoms with Crippen molar-refractivity contribution in [3.8, 4) is 0 Å². The molecule has 1 aromatic carbocycles. The number of nitrogens with zero attached hydrogens (tertiary/aromatic N) is 2. The van der Waals surface area contributed by atoms with E-state index in [1.165, 1.54) is 30.5 Å². The van der Waals surface area contributed by atoms with Crippen LogP contribution in [-0.2, 0) is 10.0 Å². The summed E-state index contributed by atoms with van der Waals surface area (Å²) in [6.07, 6.45) is 2.63. The van der Waals surface area contributed by atoms with Crippen LogP contribution in [0.25, 0.3) is 10.9 Å². The van der Waals surface area contributed by atoms with Crippen LogP contribution in [0.1, 0.15) is 26.7 Å². The van der Waals surface area contributed by atoms with Gasteiger partial charge in [-0.05, 0) is 31.0 Å². The molecule has 0 fully saturated rings. The van der Waals surface area contributed by atoms with Crippen molar-refractivity contribution in [2.75, 3.05) is 6.54 Å². The van der Waals surface area contributed by atoms with Crippen LogP contribution < -0.4 is 10.5 Å². The minimum absolute atomic E-state index is 0.0646. The smallest absolute Gasteiger partial charge is 0.278 e. The number of hydrogen-bond acceptors (Lipinski definition) is 6. The fraction of sp³-hybridized carbons (Fsp3) is 0.400. The molecular weight excluding hydrogens is 332 g/mol. The van der Waals surface area contributed by atoms with Gasteiger partial charge in [0.2, 0.25) is 10.0 Å². The number of pyridine rings is 1. The summed E-state index contributed by atoms with van der Waals surface area (Å²) in [7, 11) is -3.90. The molecule has 8 nitrogen and oxygen atoms in total. The Hall–Kier alpha value is -2.10. The third-order valence-electron chi connectivity index (χ3n) is 4.22. The van der Waals surface area contributed by atoms with Crippen LogP contribution in [0.4, 0.5) is 5.69 Å². The molecule has 0 bridgehead atoms. The van der Waals surface area contributed by atoms with E-state index in [4.69, 9.17) is 5.73 Å². The summed E-state index contributed by atoms with van der Waals surface area (Å²) >= 11 is 0. The van der Waals surface area contributed by atoms with Gasteiger partial charge in [-0.2, -0.15) is 0 Å². The van der Waals surface area contributed by atoms with E-state index in [-0.39, 0.29) is 28.0 Å². The summed E-state index contributed by atoms with van der Waals surface area (Å²) in [4.78, 5) is 14.5. The molecule has 0 atom stereocenters. The highest BCUT2D eigenvalue weighted by Gasteiger charge is 2.27. The number of nitrogens with one attached hydrogen (secondary N) is 1. The van der Waals surface area contributed by atoms with Crippen LogP contribution in [0.3, 0.4) is 0 Å². The minimum Gasteiger partial charge on any atom is -0.324 e. The summed E-state index contributed by atoms with van der Waals surface area (Å²) in [5.41, 5.74) is 5.36. The van der Waals surface area contributed by atoms with E-state index in [9.17, 15) is 18.5 Å². The Morgan fingerprint density at radius 1 is 1.29 bits per heavy atom. The Kier molecular flexibility index (Phi) is 5.16. The van der Waals surface area contributed by atoms with Crippen molar-refractivity contribution in [2.24, 2.45) is 5.73 Å². The van der Waals surface area contributed by atoms with Gasteiger partial charge in [-0.25, -0.2) is 13.1 Å². The second kappa shape index (κ2) is 6.80. The lowest BCUT2D eigenvalue weighted by Gasteiger charge is -2.26. The molecule has 0 spiro atoms. The van der Waals surface area contributed by atoms with Crippen molar-refractivity contribution in [1.82, 2.24) is 9.71 Å². The zero-order chi connectivity index (χ0) is 18.0. The number of rotatable bonds is 7. The summed E-state index contributed by atoms with van der Waals surface area (Å²) < 4.78 is 27.8. The second-order valence-corrected chi connectivity index (χ2v) is 7.37. The second-order valence-electron chi connectivity index (χ2n) is 5.63. The largest absolute Gasteiger partial charge is 0.324 e. The highest BCUT2D eigenvalue weighted by Crippen LogP contribution is 2.29. The third-order valence-corrected chi connectivity index (χ3v) is 5.65. The number of nitro benzene ring substituents is 1. The number of aromatic nitrogens is 1. The minimum atomic E-state index is -3.90. The standard InChI is InChI=1S/C15H20N4O4S/c1-3-15(16,4-2)10-18-24(22,23)13-8-7-12(19(20)21)11-6-5-9-17-14(11)13/h5-9,18H,3-4,10,16H2,1-2H3. The van der Waals surface area contributed by atoms with Gasteiger partial charge in [-0.1, -0.05) is 13.8 Å². The molecule has 1 aromatic heterocycles. The van der Waals surface area contributed by atoms with E-state index in [0.29, 0.717) is 12.8 Å². The molecule has 2 aromatic rings. The predicted octanol–water partition coefficient (Wildman–Crippen LogP) is 1.94. The molecule has 24 heavy (non-hydrogen) atoms. The van der Waals surface area contributed by atoms with Gasteiger partial charge in [0.1, 0.15) is 4.90 Å². The normalized spacial score (nSPS) is 12.5. The maximum atomic E-state index is 12.6. The molecule has 130 valence electrons. The molecule has 0 saturated carbocycles. The highest BCUT2D eigenvalue weighted by atomic mass is 32.2. The first-order valence-corrected chi connectivity index (χ1v) is 9.03. The lowest BCUT2D eigenvalue weighted by molar-refractivity contribution is -0.383. The number of non-ortho nitro benzene ring substituents is 1. The predicted molar refractivity (Wildman–Crippen MR) is 91.1 cm³/mol. The molecule has 1 heterocycles. The lowest BCUT2D eigenvalue weighted by atomic mass is 9.95. The van der Waals surface area contributed by atoms with E-state index >= 15 is 0 Å². The highest BCUT2D eigenvalue weighted by molar-refractivity contribution is 7.89. The Morgan fingerprint density at radius 3 is 2.54 bits per heavy atom. The summed E-state index contributed by atoms with van der Waals surface area (Å²) in [6, 6.07) is 5.38. The van der Waals surface area contributed by atoms with E-state index in [1.54, 1.807) is 0 Å². The summed E-state index contributed by atoms with van der Waals surface area (Å²) in [6.45, 7) is 3.86. The molecule has 2 rings (SSSR count). The van der Waals surface area contributed by atoms with E-state index in [1.807, 2.05) is 13.8 Å². The van der Waals surface area contributed by atoms with Gasteiger partial charge in [-0.3, -0.25) is 15.1 Å². The monoisotopic (exact) mass is 352 g/mol. The lowest BCUT2D eigenvalue weighted by Crippen LogP contribution is -2.49. The van der Waals surface area contributed by atoms with Crippen molar-refractivity contribution in [1.29, 1.82) is 0 Å². The fourth-order valence-corrected chi connectivity index (χ4v) is 3.62. The number of benzene rings is 1. The van der Waals surface area contributed by atoms with Gasteiger partial charge in [0, 0.05) is 24.3 Å². The maximum absolute atomic E-state index is 12.6. The molecule has 0 saturated heterocycles. The SMILES string of the molecule is CCC(N)(CC)CNS(=O)(=O)c1ccc([N+](=O)[O-])c2cccnc12. The number of fused-ring (bicyclic) bond motifs is 1. The van der Waals surface area contributed by atoms with Crippen LogP contribution in [-0.4, -0.2) is 30.4 Å². The van der Waals surface area contributed by atoms with Crippen molar-refractivity contribution in [3.05, 3.63) is 40.6 Å². The zero-order valence-corrected chi connectivity index (χ0v) is 14.3. The molecule has 0 aliphatic heterocycles. The third kappa shape index (κ3) is 3.53. The summed E-state index contributed by atoms with van der Waals surface area (Å²) in [5, 5.41) is 11.3. The van der Waals surface area contributed by atoms with Crippen LogP contribution >= 0.6 is 0 Å². The molecule has 0 amide bonds. The van der Waals surface area contributed by atoms with Crippen molar-refractivity contribution in [2.45, 2.75) is 37.1 Å². The molecule has 0 unspecified atom stereocenters. The first-order chi connectivity index (χ1) is 11.2. The maximum Gasteiger partial charge on any atom is 0.278 e. The van der Waals surface area contributed by atoms with E-state index < -0.39 is 20.5 Å². The first kappa shape index (κ1) is 18.2. The zero-order valence-electron chi connectivity index (χ0n) is 13.5. The van der Waals surface area contributed by atoms with Gasteiger partial charge in [-0.15, -0.1) is 0 Å². The average Bonchev–Trinajstić information content (AvgIpc) is 2.58. The van der Waals surface area contributed by atoms with Gasteiger partial charge in [0.25, 0.3) is 5.69 Å². The number of sulfonamides is 1. The first-order valence-electron chi connectivity index (χ1n) is 7.55. The van der Waals surface area contributed by atoms with Gasteiger partial charge < -0.3 is 5.73 Å². The van der Waals surface area contributed by atoms with Crippen molar-refractivity contribution >= 4 is 26.6 Å². The topological polar surface area (TPSA) is 128 Å². The Bertz CT molecular complexity index is 863. The van der Waals surface area contributed by atoms with Gasteiger partial charge in [0.15, 0.2) is 0 Å². The molecule has 0 aliphatic carbocycles. The number of hydrogen-bond donors (Lipinski definition) is 2. The van der Waals surface area contributed by atoms with Gasteiger partial charge >= 0.3 is 0 Å². The average molecular weight is 352 g/mol. The Balaban J connectivity index is 2.48. The van der Waals surface area contributed by atoms with Crippen molar-refractivity contribution in [3.63, 3.8) is 0 Å². The Morgan fingerprint density at radius 2 is 1.96 bits per heavy atom. The molecule has 3 N–H and O–H groups in total. The number of nitrogens with two attached hydrogens (primary N) is 1. The fourth-order valence-electron chi connectivity index (χ4n) is 2.32. The molecule has 0 aliphatic rings. The van der Waals surface area contributed by atoms with E-state index in [2.05, 4.69) is 9.71 Å². The summed E-state index contributed by atoms with van der Waals surface area (Å²) in [5.74, 6) is 0. The Labute approximate surface area is 140 Å². The molecule has 0 radical (unpaired) electrons. The van der Waals surface area contributed by atoms with E-state index in [0.717, 1.165) is 0 Å². The molecular formula is C15H20N4O4S. The van der Waals surface area contributed by atoms with Crippen LogP contribution in [0.2, 0.25) is 0 Å². The number of nitro groups is 1. The van der Waals surface area contributed by atoms with Crippen LogP contribution in [0.15, 0.2) is 35.4 Å². The van der Waals surface area contributed by atoms with Crippen LogP contribution in [0, 0.1) is 10.1 Å². The van der Waals surface area contributed by atoms with Crippen molar-refractivity contribution < 1.29 is 13.3 Å². The molecule has 9 heteroatoms. The quantitative estimate of drug-likeness (QED) is 0.579. The van der Waals surface area contributed by atoms with Gasteiger partial charge in [0.05, 0.1) is 15.8 Å². The van der Waals surface area contributed by atoms with Crippen LogP contribution in [0.5, 0.6) is 0 Å².